The Balaban J connectivity index is 1.69. The second-order valence-electron chi connectivity index (χ2n) is 9.84. The fraction of sp³-hybridized carbons (Fsp3) is 0.414. The highest BCUT2D eigenvalue weighted by atomic mass is 16.5. The fourth-order valence-corrected chi connectivity index (χ4v) is 5.52. The number of likely N-dealkylation sites (tertiary alicyclic amines) is 1. The quantitative estimate of drug-likeness (QED) is 0.257. The number of hydrogen-bond acceptors (Lipinski definition) is 9. The van der Waals surface area contributed by atoms with Gasteiger partial charge in [0, 0.05) is 32.4 Å². The van der Waals surface area contributed by atoms with Crippen LogP contribution in [0.15, 0.2) is 36.0 Å². The largest absolute Gasteiger partial charge is 0.505 e. The van der Waals surface area contributed by atoms with Gasteiger partial charge in [0.15, 0.2) is 17.3 Å². The van der Waals surface area contributed by atoms with E-state index >= 15 is 0 Å². The van der Waals surface area contributed by atoms with Crippen LogP contribution in [0, 0.1) is 13.8 Å². The van der Waals surface area contributed by atoms with Crippen molar-refractivity contribution in [3.63, 3.8) is 0 Å². The minimum Gasteiger partial charge on any atom is -0.505 e. The summed E-state index contributed by atoms with van der Waals surface area (Å²) in [6.45, 7) is 7.21. The molecule has 0 spiro atoms. The number of aliphatic hydroxyl groups is 1. The molecular formula is C29H34N4O7. The van der Waals surface area contributed by atoms with Gasteiger partial charge in [-0.3, -0.25) is 18.9 Å². The lowest BCUT2D eigenvalue weighted by atomic mass is 9.95. The maximum Gasteiger partial charge on any atom is 0.295 e. The summed E-state index contributed by atoms with van der Waals surface area (Å²) < 4.78 is 23.8. The normalized spacial score (nSPS) is 19.4. The van der Waals surface area contributed by atoms with Crippen molar-refractivity contribution in [2.45, 2.75) is 19.9 Å². The summed E-state index contributed by atoms with van der Waals surface area (Å²) in [4.78, 5) is 35.6. The number of ketones is 1. The van der Waals surface area contributed by atoms with Gasteiger partial charge in [-0.25, -0.2) is 4.98 Å². The van der Waals surface area contributed by atoms with E-state index in [0.717, 1.165) is 18.7 Å². The van der Waals surface area contributed by atoms with Crippen molar-refractivity contribution >= 4 is 23.1 Å². The Morgan fingerprint density at radius 3 is 2.35 bits per heavy atom. The van der Waals surface area contributed by atoms with Crippen molar-refractivity contribution in [3.8, 4) is 17.2 Å². The summed E-state index contributed by atoms with van der Waals surface area (Å²) in [5.41, 5.74) is 2.99. The van der Waals surface area contributed by atoms with Crippen LogP contribution < -0.4 is 14.2 Å². The molecule has 0 aliphatic carbocycles. The predicted molar refractivity (Wildman–Crippen MR) is 147 cm³/mol. The number of carbonyl (C=O) groups excluding carboxylic acids is 2. The van der Waals surface area contributed by atoms with Gasteiger partial charge in [-0.2, -0.15) is 0 Å². The summed E-state index contributed by atoms with van der Waals surface area (Å²) in [6.07, 6.45) is 1.78. The summed E-state index contributed by atoms with van der Waals surface area (Å²) in [6, 6.07) is 6.28. The first-order chi connectivity index (χ1) is 19.3. The number of rotatable bonds is 8. The second-order valence-corrected chi connectivity index (χ2v) is 9.84. The van der Waals surface area contributed by atoms with Crippen LogP contribution >= 0.6 is 0 Å². The van der Waals surface area contributed by atoms with E-state index in [4.69, 9.17) is 18.9 Å². The van der Waals surface area contributed by atoms with Crippen molar-refractivity contribution in [3.05, 3.63) is 58.6 Å². The molecule has 2 aliphatic rings. The Hall–Kier alpha value is -4.09. The van der Waals surface area contributed by atoms with E-state index in [2.05, 4.69) is 9.88 Å². The van der Waals surface area contributed by atoms with Gasteiger partial charge in [0.2, 0.25) is 5.75 Å². The molecule has 1 aromatic carbocycles. The maximum atomic E-state index is 13.7. The molecule has 1 atom stereocenters. The van der Waals surface area contributed by atoms with Crippen LogP contribution in [0.25, 0.3) is 11.4 Å². The van der Waals surface area contributed by atoms with Crippen LogP contribution in [0.1, 0.15) is 28.6 Å². The number of aromatic nitrogens is 2. The molecule has 40 heavy (non-hydrogen) atoms. The van der Waals surface area contributed by atoms with Crippen molar-refractivity contribution in [2.24, 2.45) is 0 Å². The Morgan fingerprint density at radius 1 is 1.05 bits per heavy atom. The van der Waals surface area contributed by atoms with Crippen LogP contribution in [0.4, 0.5) is 0 Å². The molecule has 2 aliphatic heterocycles. The smallest absolute Gasteiger partial charge is 0.295 e. The number of aryl methyl sites for hydroxylation is 2. The van der Waals surface area contributed by atoms with E-state index in [1.165, 1.54) is 26.2 Å². The number of hydrogen-bond donors (Lipinski definition) is 1. The Kier molecular flexibility index (Phi) is 7.68. The predicted octanol–water partition coefficient (Wildman–Crippen LogP) is 2.73. The molecule has 2 fully saturated rings. The Morgan fingerprint density at radius 2 is 1.73 bits per heavy atom. The van der Waals surface area contributed by atoms with Gasteiger partial charge in [0.05, 0.1) is 51.9 Å². The molecule has 0 saturated carbocycles. The number of benzene rings is 1. The number of imidazole rings is 1. The number of nitrogens with zero attached hydrogens (tertiary/aromatic N) is 4. The van der Waals surface area contributed by atoms with Crippen molar-refractivity contribution in [2.75, 3.05) is 60.7 Å². The number of morpholine rings is 1. The Labute approximate surface area is 232 Å². The van der Waals surface area contributed by atoms with Crippen LogP contribution in [-0.4, -0.2) is 96.7 Å². The SMILES string of the molecule is COc1cc([C@@H]2/C(=C(\O)c3c(C)nc4c(C)cccn34)C(=O)C(=O)N2CCN2CCOCC2)cc(OC)c1OC. The van der Waals surface area contributed by atoms with Gasteiger partial charge in [-0.1, -0.05) is 6.07 Å². The van der Waals surface area contributed by atoms with Crippen LogP contribution in [0.2, 0.25) is 0 Å². The molecule has 212 valence electrons. The first-order valence-corrected chi connectivity index (χ1v) is 13.1. The zero-order valence-electron chi connectivity index (χ0n) is 23.4. The molecular weight excluding hydrogens is 516 g/mol. The van der Waals surface area contributed by atoms with E-state index in [9.17, 15) is 14.7 Å². The molecule has 0 radical (unpaired) electrons. The second kappa shape index (κ2) is 11.2. The number of amides is 1. The van der Waals surface area contributed by atoms with E-state index in [1.807, 2.05) is 19.1 Å². The maximum absolute atomic E-state index is 13.7. The Bertz CT molecular complexity index is 1460. The number of carbonyl (C=O) groups is 2. The molecule has 11 nitrogen and oxygen atoms in total. The van der Waals surface area contributed by atoms with Gasteiger partial charge in [-0.05, 0) is 43.2 Å². The van der Waals surface area contributed by atoms with E-state index < -0.39 is 17.7 Å². The summed E-state index contributed by atoms with van der Waals surface area (Å²) >= 11 is 0. The zero-order valence-corrected chi connectivity index (χ0v) is 23.4. The van der Waals surface area contributed by atoms with Gasteiger partial charge in [0.25, 0.3) is 11.7 Å². The van der Waals surface area contributed by atoms with Crippen LogP contribution in [0.3, 0.4) is 0 Å². The zero-order chi connectivity index (χ0) is 28.6. The highest BCUT2D eigenvalue weighted by molar-refractivity contribution is 6.46. The topological polar surface area (TPSA) is 115 Å². The molecule has 4 heterocycles. The molecule has 2 saturated heterocycles. The number of methoxy groups -OCH3 is 3. The lowest BCUT2D eigenvalue weighted by Gasteiger charge is -2.31. The molecule has 11 heteroatoms. The third-order valence-corrected chi connectivity index (χ3v) is 7.55. The molecule has 0 unspecified atom stereocenters. The molecule has 5 rings (SSSR count). The highest BCUT2D eigenvalue weighted by Gasteiger charge is 2.47. The lowest BCUT2D eigenvalue weighted by molar-refractivity contribution is -0.140. The fourth-order valence-electron chi connectivity index (χ4n) is 5.52. The lowest BCUT2D eigenvalue weighted by Crippen LogP contribution is -2.42. The summed E-state index contributed by atoms with van der Waals surface area (Å²) in [7, 11) is 4.51. The van der Waals surface area contributed by atoms with Crippen LogP contribution in [-0.2, 0) is 14.3 Å². The van der Waals surface area contributed by atoms with Crippen molar-refractivity contribution in [1.82, 2.24) is 19.2 Å². The highest BCUT2D eigenvalue weighted by Crippen LogP contribution is 2.46. The number of aliphatic hydroxyl groups excluding tert-OH is 1. The monoisotopic (exact) mass is 550 g/mol. The third-order valence-electron chi connectivity index (χ3n) is 7.55. The van der Waals surface area contributed by atoms with Crippen molar-refractivity contribution < 1.29 is 33.6 Å². The van der Waals surface area contributed by atoms with E-state index in [0.29, 0.717) is 59.6 Å². The number of Topliss-reactive ketones (excluding diaryl/α,β-unsaturated/α-hetero) is 1. The van der Waals surface area contributed by atoms with Gasteiger partial charge in [0.1, 0.15) is 11.3 Å². The van der Waals surface area contributed by atoms with Crippen LogP contribution in [0.5, 0.6) is 17.2 Å². The van der Waals surface area contributed by atoms with Gasteiger partial charge in [-0.15, -0.1) is 0 Å². The first kappa shape index (κ1) is 27.5. The van der Waals surface area contributed by atoms with E-state index in [1.54, 1.807) is 29.7 Å². The third kappa shape index (κ3) is 4.65. The molecule has 1 amide bonds. The van der Waals surface area contributed by atoms with E-state index in [-0.39, 0.29) is 17.9 Å². The average Bonchev–Trinajstić information content (AvgIpc) is 3.44. The van der Waals surface area contributed by atoms with Gasteiger partial charge >= 0.3 is 0 Å². The molecule has 3 aromatic rings. The first-order valence-electron chi connectivity index (χ1n) is 13.1. The number of fused-ring (bicyclic) bond motifs is 1. The molecule has 0 bridgehead atoms. The van der Waals surface area contributed by atoms with Crippen molar-refractivity contribution in [1.29, 1.82) is 0 Å². The molecule has 1 N–H and O–H groups in total. The number of ether oxygens (including phenoxy) is 4. The minimum atomic E-state index is -0.899. The summed E-state index contributed by atoms with van der Waals surface area (Å²) in [5.74, 6) is -0.611. The van der Waals surface area contributed by atoms with Gasteiger partial charge < -0.3 is 29.0 Å². The molecule has 2 aromatic heterocycles. The summed E-state index contributed by atoms with van der Waals surface area (Å²) in [5, 5.41) is 11.8. The average molecular weight is 551 g/mol. The standard InChI is InChI=1S/C29H34N4O7/c1-17-7-6-8-32-23(18(2)30-28(17)32)25(34)22-24(19-15-20(37-3)27(39-5)21(16-19)38-4)33(29(36)26(22)35)10-9-31-11-13-40-14-12-31/h6-8,15-16,24,34H,9-14H2,1-5H3/b25-22+/t24-/m1/s1. The number of pyridine rings is 1. The minimum absolute atomic E-state index is 0.0207.